The molecule has 6 N–H and O–H groups in total. The lowest BCUT2D eigenvalue weighted by Gasteiger charge is -2.60. The highest BCUT2D eigenvalue weighted by atomic mass is 16.5. The van der Waals surface area contributed by atoms with Gasteiger partial charge in [0, 0.05) is 31.8 Å². The maximum atomic E-state index is 13.4. The fourth-order valence-electron chi connectivity index (χ4n) is 6.75. The number of carbonyl (C=O) groups excluding carboxylic acids is 3. The molecule has 2 unspecified atom stereocenters. The molecule has 0 saturated heterocycles. The minimum atomic E-state index is -0.601. The Hall–Kier alpha value is -2.84. The van der Waals surface area contributed by atoms with Crippen LogP contribution in [0.3, 0.4) is 0 Å². The van der Waals surface area contributed by atoms with Gasteiger partial charge in [-0.2, -0.15) is 0 Å². The normalized spacial score (nSPS) is 29.6. The number of hydrogen-bond acceptors (Lipinski definition) is 6. The standard InChI is InChI=1S/C27H43N5O4/c1-16(2)15-36-25(30-7-6-26(4,5)32-17(3)33)21(14-28)24(35)31-23-19-8-18-9-20(23)12-27(10-18,11-19)13-22(29)34/h6-7,14,16,18-20,23,28,30H,8-13,15H2,1-5H3,(H2,29,34)(H,31,35)(H,32,33)/b7-6+,25-21-,28-14?. The van der Waals surface area contributed by atoms with Crippen LogP contribution in [0.1, 0.15) is 73.1 Å². The van der Waals surface area contributed by atoms with Crippen molar-refractivity contribution in [2.24, 2.45) is 34.8 Å². The summed E-state index contributed by atoms with van der Waals surface area (Å²) in [6.07, 6.45) is 9.84. The zero-order valence-corrected chi connectivity index (χ0v) is 22.3. The molecule has 0 aromatic carbocycles. The van der Waals surface area contributed by atoms with Crippen molar-refractivity contribution in [3.8, 4) is 0 Å². The van der Waals surface area contributed by atoms with E-state index in [1.54, 1.807) is 12.3 Å². The lowest BCUT2D eigenvalue weighted by molar-refractivity contribution is -0.133. The van der Waals surface area contributed by atoms with Crippen LogP contribution in [-0.2, 0) is 19.1 Å². The number of rotatable bonds is 12. The Morgan fingerprint density at radius 2 is 1.81 bits per heavy atom. The minimum Gasteiger partial charge on any atom is -0.478 e. The fraction of sp³-hybridized carbons (Fsp3) is 0.704. The van der Waals surface area contributed by atoms with Crippen molar-refractivity contribution in [1.82, 2.24) is 16.0 Å². The second-order valence-corrected chi connectivity index (χ2v) is 12.1. The Labute approximate surface area is 214 Å². The van der Waals surface area contributed by atoms with Gasteiger partial charge < -0.3 is 31.8 Å². The molecule has 0 aliphatic heterocycles. The van der Waals surface area contributed by atoms with Gasteiger partial charge in [0.05, 0.1) is 12.1 Å². The molecule has 2 atom stereocenters. The van der Waals surface area contributed by atoms with Gasteiger partial charge in [0.25, 0.3) is 5.91 Å². The number of amides is 3. The Morgan fingerprint density at radius 1 is 1.17 bits per heavy atom. The van der Waals surface area contributed by atoms with Crippen LogP contribution in [0.25, 0.3) is 0 Å². The number of primary amides is 1. The highest BCUT2D eigenvalue weighted by Gasteiger charge is 2.56. The van der Waals surface area contributed by atoms with Gasteiger partial charge in [0.15, 0.2) is 0 Å². The van der Waals surface area contributed by atoms with Gasteiger partial charge in [-0.15, -0.1) is 0 Å². The quantitative estimate of drug-likeness (QED) is 0.158. The third kappa shape index (κ3) is 6.89. The maximum Gasteiger partial charge on any atom is 0.258 e. The van der Waals surface area contributed by atoms with E-state index < -0.39 is 5.54 Å². The molecule has 4 aliphatic rings. The molecule has 9 heteroatoms. The molecule has 0 spiro atoms. The van der Waals surface area contributed by atoms with Gasteiger partial charge in [-0.05, 0) is 81.1 Å². The van der Waals surface area contributed by atoms with Crippen LogP contribution in [0.5, 0.6) is 0 Å². The van der Waals surface area contributed by atoms with Crippen LogP contribution in [0.2, 0.25) is 0 Å². The van der Waals surface area contributed by atoms with E-state index in [1.165, 1.54) is 6.92 Å². The third-order valence-corrected chi connectivity index (χ3v) is 7.65. The molecular formula is C27H43N5O4. The first-order chi connectivity index (χ1) is 16.8. The Balaban J connectivity index is 1.76. The zero-order chi connectivity index (χ0) is 26.7. The summed E-state index contributed by atoms with van der Waals surface area (Å²) < 4.78 is 5.91. The van der Waals surface area contributed by atoms with Crippen molar-refractivity contribution < 1.29 is 19.1 Å². The fourth-order valence-corrected chi connectivity index (χ4v) is 6.75. The van der Waals surface area contributed by atoms with Crippen molar-refractivity contribution in [2.45, 2.75) is 84.7 Å². The van der Waals surface area contributed by atoms with Gasteiger partial charge in [0.1, 0.15) is 5.57 Å². The first-order valence-electron chi connectivity index (χ1n) is 13.0. The van der Waals surface area contributed by atoms with Crippen molar-refractivity contribution >= 4 is 23.9 Å². The summed E-state index contributed by atoms with van der Waals surface area (Å²) in [5.74, 6) is 0.936. The minimum absolute atomic E-state index is 0.0115. The average Bonchev–Trinajstić information content (AvgIpc) is 2.72. The summed E-state index contributed by atoms with van der Waals surface area (Å²) >= 11 is 0. The van der Waals surface area contributed by atoms with E-state index in [9.17, 15) is 14.4 Å². The summed E-state index contributed by atoms with van der Waals surface area (Å²) in [6, 6.07) is 0.0191. The second-order valence-electron chi connectivity index (χ2n) is 12.1. The van der Waals surface area contributed by atoms with Crippen molar-refractivity contribution in [3.05, 3.63) is 23.7 Å². The van der Waals surface area contributed by atoms with E-state index >= 15 is 0 Å². The molecule has 0 heterocycles. The first kappa shape index (κ1) is 27.7. The third-order valence-electron chi connectivity index (χ3n) is 7.65. The molecule has 9 nitrogen and oxygen atoms in total. The second kappa shape index (κ2) is 11.0. The summed E-state index contributed by atoms with van der Waals surface area (Å²) in [5.41, 5.74) is 5.08. The van der Waals surface area contributed by atoms with Crippen molar-refractivity contribution in [1.29, 1.82) is 5.41 Å². The summed E-state index contributed by atoms with van der Waals surface area (Å²) in [7, 11) is 0. The molecule has 0 radical (unpaired) electrons. The van der Waals surface area contributed by atoms with Crippen LogP contribution in [-0.4, -0.2) is 42.1 Å². The SMILES string of the molecule is CC(=O)NC(C)(C)/C=C/N/C(OCC(C)C)=C(\C=N)C(=O)NC1C2CC3CC1CC(CC(N)=O)(C3)C2. The summed E-state index contributed by atoms with van der Waals surface area (Å²) in [5, 5.41) is 17.1. The number of carbonyl (C=O) groups is 3. The van der Waals surface area contributed by atoms with Crippen LogP contribution in [0.4, 0.5) is 0 Å². The van der Waals surface area contributed by atoms with Crippen LogP contribution < -0.4 is 21.7 Å². The van der Waals surface area contributed by atoms with Crippen LogP contribution >= 0.6 is 0 Å². The lowest BCUT2D eigenvalue weighted by atomic mass is 9.47. The van der Waals surface area contributed by atoms with E-state index in [0.717, 1.165) is 38.3 Å². The summed E-state index contributed by atoms with van der Waals surface area (Å²) in [6.45, 7) is 9.56. The molecule has 36 heavy (non-hydrogen) atoms. The molecule has 4 saturated carbocycles. The van der Waals surface area contributed by atoms with Gasteiger partial charge in [-0.3, -0.25) is 14.4 Å². The van der Waals surface area contributed by atoms with Gasteiger partial charge >= 0.3 is 0 Å². The largest absolute Gasteiger partial charge is 0.478 e. The molecule has 4 fully saturated rings. The number of hydrogen-bond donors (Lipinski definition) is 5. The Kier molecular flexibility index (Phi) is 8.52. The molecule has 0 aromatic rings. The molecule has 200 valence electrons. The maximum absolute atomic E-state index is 13.4. The molecule has 0 aromatic heterocycles. The predicted molar refractivity (Wildman–Crippen MR) is 139 cm³/mol. The van der Waals surface area contributed by atoms with Gasteiger partial charge in [-0.1, -0.05) is 13.8 Å². The number of nitrogens with two attached hydrogens (primary N) is 1. The van der Waals surface area contributed by atoms with Crippen molar-refractivity contribution in [2.75, 3.05) is 6.61 Å². The highest BCUT2D eigenvalue weighted by Crippen LogP contribution is 2.61. The van der Waals surface area contributed by atoms with Crippen LogP contribution in [0.15, 0.2) is 23.7 Å². The predicted octanol–water partition coefficient (Wildman–Crippen LogP) is 2.72. The van der Waals surface area contributed by atoms with E-state index in [2.05, 4.69) is 16.0 Å². The molecule has 3 amide bonds. The first-order valence-corrected chi connectivity index (χ1v) is 13.0. The monoisotopic (exact) mass is 501 g/mol. The van der Waals surface area contributed by atoms with Crippen LogP contribution in [0, 0.1) is 34.5 Å². The molecular weight excluding hydrogens is 458 g/mol. The van der Waals surface area contributed by atoms with Gasteiger partial charge in [-0.25, -0.2) is 0 Å². The number of ether oxygens (including phenoxy) is 1. The van der Waals surface area contributed by atoms with E-state index in [-0.39, 0.29) is 46.6 Å². The molecule has 4 aliphatic carbocycles. The van der Waals surface area contributed by atoms with E-state index in [4.69, 9.17) is 15.9 Å². The topological polar surface area (TPSA) is 146 Å². The van der Waals surface area contributed by atoms with Crippen molar-refractivity contribution in [3.63, 3.8) is 0 Å². The zero-order valence-electron chi connectivity index (χ0n) is 22.3. The smallest absolute Gasteiger partial charge is 0.258 e. The molecule has 4 rings (SSSR count). The Bertz CT molecular complexity index is 922. The number of nitrogens with one attached hydrogen (secondary N) is 4. The average molecular weight is 502 g/mol. The Morgan fingerprint density at radius 3 is 2.33 bits per heavy atom. The lowest BCUT2D eigenvalue weighted by Crippen LogP contribution is -2.60. The van der Waals surface area contributed by atoms with E-state index in [0.29, 0.717) is 30.8 Å². The van der Waals surface area contributed by atoms with Gasteiger partial charge in [0.2, 0.25) is 17.7 Å². The van der Waals surface area contributed by atoms with E-state index in [1.807, 2.05) is 27.7 Å². The highest BCUT2D eigenvalue weighted by molar-refractivity contribution is 6.11. The summed E-state index contributed by atoms with van der Waals surface area (Å²) in [4.78, 5) is 36.6. The molecule has 4 bridgehead atoms.